The molecule has 0 radical (unpaired) electrons. The van der Waals surface area contributed by atoms with Crippen LogP contribution in [0.15, 0.2) is 18.2 Å². The SMILES string of the molecule is CCOCC(O)CNCc1ccc(OC)c(OC)c1. The van der Waals surface area contributed by atoms with Gasteiger partial charge in [0.05, 0.1) is 26.9 Å². The van der Waals surface area contributed by atoms with Crippen molar-refractivity contribution in [1.82, 2.24) is 5.32 Å². The van der Waals surface area contributed by atoms with Crippen LogP contribution in [-0.2, 0) is 11.3 Å². The van der Waals surface area contributed by atoms with Crippen molar-refractivity contribution in [3.05, 3.63) is 23.8 Å². The summed E-state index contributed by atoms with van der Waals surface area (Å²) in [6.45, 7) is 4.03. The average molecular weight is 269 g/mol. The van der Waals surface area contributed by atoms with Crippen molar-refractivity contribution < 1.29 is 19.3 Å². The standard InChI is InChI=1S/C14H23NO4/c1-4-19-10-12(16)9-15-8-11-5-6-13(17-2)14(7-11)18-3/h5-7,12,15-16H,4,8-10H2,1-3H3. The number of methoxy groups -OCH3 is 2. The molecule has 0 fully saturated rings. The number of hydrogen-bond donors (Lipinski definition) is 2. The highest BCUT2D eigenvalue weighted by Crippen LogP contribution is 2.27. The molecular formula is C14H23NO4. The van der Waals surface area contributed by atoms with Gasteiger partial charge in [-0.2, -0.15) is 0 Å². The Balaban J connectivity index is 2.41. The third-order valence-electron chi connectivity index (χ3n) is 2.67. The molecule has 1 rings (SSSR count). The van der Waals surface area contributed by atoms with Crippen LogP contribution in [0, 0.1) is 0 Å². The second kappa shape index (κ2) is 8.74. The number of aliphatic hydroxyl groups excluding tert-OH is 1. The molecule has 0 spiro atoms. The van der Waals surface area contributed by atoms with Crippen LogP contribution in [0.25, 0.3) is 0 Å². The number of aliphatic hydroxyl groups is 1. The molecular weight excluding hydrogens is 246 g/mol. The fourth-order valence-electron chi connectivity index (χ4n) is 1.69. The van der Waals surface area contributed by atoms with E-state index in [1.165, 1.54) is 0 Å². The smallest absolute Gasteiger partial charge is 0.161 e. The quantitative estimate of drug-likeness (QED) is 0.705. The highest BCUT2D eigenvalue weighted by Gasteiger charge is 2.06. The van der Waals surface area contributed by atoms with Crippen molar-refractivity contribution in [3.8, 4) is 11.5 Å². The van der Waals surface area contributed by atoms with Crippen molar-refractivity contribution in [2.75, 3.05) is 34.0 Å². The number of ether oxygens (including phenoxy) is 3. The van der Waals surface area contributed by atoms with E-state index in [-0.39, 0.29) is 0 Å². The molecule has 0 aromatic heterocycles. The van der Waals surface area contributed by atoms with Crippen LogP contribution < -0.4 is 14.8 Å². The largest absolute Gasteiger partial charge is 0.493 e. The Hall–Kier alpha value is -1.30. The molecule has 1 unspecified atom stereocenters. The monoisotopic (exact) mass is 269 g/mol. The highest BCUT2D eigenvalue weighted by molar-refractivity contribution is 5.42. The second-order valence-electron chi connectivity index (χ2n) is 4.13. The second-order valence-corrected chi connectivity index (χ2v) is 4.13. The Morgan fingerprint density at radius 3 is 2.58 bits per heavy atom. The lowest BCUT2D eigenvalue weighted by Crippen LogP contribution is -2.30. The first-order valence-corrected chi connectivity index (χ1v) is 6.38. The van der Waals surface area contributed by atoms with E-state index in [0.717, 1.165) is 5.56 Å². The molecule has 0 bridgehead atoms. The van der Waals surface area contributed by atoms with Crippen molar-refractivity contribution in [1.29, 1.82) is 0 Å². The summed E-state index contributed by atoms with van der Waals surface area (Å²) >= 11 is 0. The molecule has 2 N–H and O–H groups in total. The van der Waals surface area contributed by atoms with Gasteiger partial charge in [0.25, 0.3) is 0 Å². The zero-order valence-electron chi connectivity index (χ0n) is 11.8. The summed E-state index contributed by atoms with van der Waals surface area (Å²) in [7, 11) is 3.22. The van der Waals surface area contributed by atoms with E-state index in [2.05, 4.69) is 5.32 Å². The van der Waals surface area contributed by atoms with Gasteiger partial charge in [-0.3, -0.25) is 0 Å². The van der Waals surface area contributed by atoms with Gasteiger partial charge in [0.1, 0.15) is 0 Å². The Morgan fingerprint density at radius 1 is 1.21 bits per heavy atom. The molecule has 19 heavy (non-hydrogen) atoms. The van der Waals surface area contributed by atoms with Gasteiger partial charge >= 0.3 is 0 Å². The van der Waals surface area contributed by atoms with Gasteiger partial charge in [-0.15, -0.1) is 0 Å². The summed E-state index contributed by atoms with van der Waals surface area (Å²) in [4.78, 5) is 0. The predicted octanol–water partition coefficient (Wildman–Crippen LogP) is 1.19. The minimum atomic E-state index is -0.486. The molecule has 1 atom stereocenters. The van der Waals surface area contributed by atoms with E-state index in [1.54, 1.807) is 14.2 Å². The minimum Gasteiger partial charge on any atom is -0.493 e. The summed E-state index contributed by atoms with van der Waals surface area (Å²) in [6.07, 6.45) is -0.486. The summed E-state index contributed by atoms with van der Waals surface area (Å²) < 4.78 is 15.5. The van der Waals surface area contributed by atoms with E-state index >= 15 is 0 Å². The lowest BCUT2D eigenvalue weighted by atomic mass is 10.2. The predicted molar refractivity (Wildman–Crippen MR) is 73.8 cm³/mol. The molecule has 0 saturated heterocycles. The fourth-order valence-corrected chi connectivity index (χ4v) is 1.69. The van der Waals surface area contributed by atoms with Crippen LogP contribution >= 0.6 is 0 Å². The van der Waals surface area contributed by atoms with Crippen LogP contribution in [0.5, 0.6) is 11.5 Å². The van der Waals surface area contributed by atoms with Gasteiger partial charge in [-0.25, -0.2) is 0 Å². The molecule has 108 valence electrons. The Bertz CT molecular complexity index is 370. The zero-order valence-corrected chi connectivity index (χ0v) is 11.8. The first-order chi connectivity index (χ1) is 9.21. The van der Waals surface area contributed by atoms with Gasteiger partial charge < -0.3 is 24.6 Å². The number of benzene rings is 1. The summed E-state index contributed by atoms with van der Waals surface area (Å²) in [5.74, 6) is 1.42. The normalized spacial score (nSPS) is 12.2. The number of nitrogens with one attached hydrogen (secondary N) is 1. The van der Waals surface area contributed by atoms with E-state index in [4.69, 9.17) is 14.2 Å². The average Bonchev–Trinajstić information content (AvgIpc) is 2.44. The summed E-state index contributed by atoms with van der Waals surface area (Å²) in [5.41, 5.74) is 1.07. The van der Waals surface area contributed by atoms with Crippen molar-refractivity contribution >= 4 is 0 Å². The maximum Gasteiger partial charge on any atom is 0.161 e. The first-order valence-electron chi connectivity index (χ1n) is 6.38. The van der Waals surface area contributed by atoms with Gasteiger partial charge in [0.2, 0.25) is 0 Å². The molecule has 0 saturated carbocycles. The third kappa shape index (κ3) is 5.46. The molecule has 0 heterocycles. The Labute approximate surface area is 114 Å². The Kier molecular flexibility index (Phi) is 7.25. The molecule has 5 heteroatoms. The molecule has 0 aliphatic heterocycles. The van der Waals surface area contributed by atoms with Gasteiger partial charge in [-0.05, 0) is 24.6 Å². The van der Waals surface area contributed by atoms with E-state index in [1.807, 2.05) is 25.1 Å². The first kappa shape index (κ1) is 15.8. The minimum absolute atomic E-state index is 0.357. The summed E-state index contributed by atoms with van der Waals surface area (Å²) in [6, 6.07) is 5.75. The Morgan fingerprint density at radius 2 is 1.95 bits per heavy atom. The summed E-state index contributed by atoms with van der Waals surface area (Å²) in [5, 5.41) is 12.8. The molecule has 0 aliphatic rings. The molecule has 0 aliphatic carbocycles. The van der Waals surface area contributed by atoms with Crippen molar-refractivity contribution in [3.63, 3.8) is 0 Å². The van der Waals surface area contributed by atoms with Crippen LogP contribution in [0.4, 0.5) is 0 Å². The van der Waals surface area contributed by atoms with E-state index in [0.29, 0.717) is 37.8 Å². The number of hydrogen-bond acceptors (Lipinski definition) is 5. The lowest BCUT2D eigenvalue weighted by Gasteiger charge is -2.13. The van der Waals surface area contributed by atoms with Crippen molar-refractivity contribution in [2.24, 2.45) is 0 Å². The molecule has 1 aromatic rings. The maximum atomic E-state index is 9.61. The zero-order chi connectivity index (χ0) is 14.1. The molecule has 1 aromatic carbocycles. The van der Waals surface area contributed by atoms with E-state index < -0.39 is 6.10 Å². The highest BCUT2D eigenvalue weighted by atomic mass is 16.5. The van der Waals surface area contributed by atoms with Crippen LogP contribution in [0.3, 0.4) is 0 Å². The topological polar surface area (TPSA) is 60.0 Å². The molecule has 5 nitrogen and oxygen atoms in total. The third-order valence-corrected chi connectivity index (χ3v) is 2.67. The maximum absolute atomic E-state index is 9.61. The van der Waals surface area contributed by atoms with Crippen LogP contribution in [0.1, 0.15) is 12.5 Å². The van der Waals surface area contributed by atoms with Crippen LogP contribution in [-0.4, -0.2) is 45.2 Å². The van der Waals surface area contributed by atoms with Crippen LogP contribution in [0.2, 0.25) is 0 Å². The van der Waals surface area contributed by atoms with Crippen molar-refractivity contribution in [2.45, 2.75) is 19.6 Å². The lowest BCUT2D eigenvalue weighted by molar-refractivity contribution is 0.0427. The van der Waals surface area contributed by atoms with Gasteiger partial charge in [-0.1, -0.05) is 6.07 Å². The fraction of sp³-hybridized carbons (Fsp3) is 0.571. The number of rotatable bonds is 9. The van der Waals surface area contributed by atoms with Gasteiger partial charge in [0.15, 0.2) is 11.5 Å². The van der Waals surface area contributed by atoms with Gasteiger partial charge in [0, 0.05) is 19.7 Å². The van der Waals surface area contributed by atoms with E-state index in [9.17, 15) is 5.11 Å². The molecule has 0 amide bonds.